The zero-order chi connectivity index (χ0) is 15.5. The standard InChI is InChI=1S/C15H12N2O3S/c1-11(18)12-6-8-14(9-7-12)21(19,20)17-15-5-3-2-4-13(15)10-16/h2-9,17H,1H3. The zero-order valence-corrected chi connectivity index (χ0v) is 12.0. The molecule has 0 aromatic heterocycles. The van der Waals surface area contributed by atoms with Crippen LogP contribution in [0.5, 0.6) is 0 Å². The van der Waals surface area contributed by atoms with Crippen molar-refractivity contribution in [3.63, 3.8) is 0 Å². The summed E-state index contributed by atoms with van der Waals surface area (Å²) in [6, 6.07) is 13.9. The van der Waals surface area contributed by atoms with Crippen molar-refractivity contribution in [2.45, 2.75) is 11.8 Å². The molecule has 0 bridgehead atoms. The number of para-hydroxylation sites is 1. The van der Waals surface area contributed by atoms with E-state index in [0.717, 1.165) is 0 Å². The summed E-state index contributed by atoms with van der Waals surface area (Å²) in [5, 5.41) is 8.96. The second kappa shape index (κ2) is 5.77. The fourth-order valence-electron chi connectivity index (χ4n) is 1.74. The third-order valence-electron chi connectivity index (χ3n) is 2.86. The van der Waals surface area contributed by atoms with Crippen molar-refractivity contribution in [1.82, 2.24) is 0 Å². The lowest BCUT2D eigenvalue weighted by Gasteiger charge is -2.09. The molecule has 0 aliphatic carbocycles. The first-order chi connectivity index (χ1) is 9.94. The summed E-state index contributed by atoms with van der Waals surface area (Å²) in [5.74, 6) is -0.137. The normalized spacial score (nSPS) is 10.7. The van der Waals surface area contributed by atoms with Crippen molar-refractivity contribution in [3.05, 3.63) is 59.7 Å². The van der Waals surface area contributed by atoms with E-state index in [4.69, 9.17) is 5.26 Å². The zero-order valence-electron chi connectivity index (χ0n) is 11.2. The van der Waals surface area contributed by atoms with Gasteiger partial charge in [0.1, 0.15) is 6.07 Å². The third-order valence-corrected chi connectivity index (χ3v) is 4.24. The number of hydrogen-bond acceptors (Lipinski definition) is 4. The van der Waals surface area contributed by atoms with Crippen LogP contribution in [0.15, 0.2) is 53.4 Å². The molecular formula is C15H12N2O3S. The molecule has 106 valence electrons. The van der Waals surface area contributed by atoms with Gasteiger partial charge in [0, 0.05) is 5.56 Å². The first-order valence-corrected chi connectivity index (χ1v) is 7.55. The quantitative estimate of drug-likeness (QED) is 0.879. The number of nitrogens with one attached hydrogen (secondary N) is 1. The summed E-state index contributed by atoms with van der Waals surface area (Å²) in [6.45, 7) is 1.41. The van der Waals surface area contributed by atoms with Crippen LogP contribution in [0.25, 0.3) is 0 Å². The number of rotatable bonds is 4. The lowest BCUT2D eigenvalue weighted by atomic mass is 10.2. The number of sulfonamides is 1. The second-order valence-electron chi connectivity index (χ2n) is 4.34. The Hall–Kier alpha value is -2.65. The maximum absolute atomic E-state index is 12.2. The first kappa shape index (κ1) is 14.8. The molecule has 0 aliphatic rings. The molecule has 0 saturated carbocycles. The molecular weight excluding hydrogens is 288 g/mol. The Balaban J connectivity index is 2.34. The van der Waals surface area contributed by atoms with E-state index in [9.17, 15) is 13.2 Å². The highest BCUT2D eigenvalue weighted by atomic mass is 32.2. The molecule has 0 amide bonds. The van der Waals surface area contributed by atoms with E-state index in [1.807, 2.05) is 6.07 Å². The fourth-order valence-corrected chi connectivity index (χ4v) is 2.82. The van der Waals surface area contributed by atoms with E-state index < -0.39 is 10.0 Å². The van der Waals surface area contributed by atoms with Crippen molar-refractivity contribution >= 4 is 21.5 Å². The topological polar surface area (TPSA) is 87.0 Å². The number of benzene rings is 2. The fraction of sp³-hybridized carbons (Fsp3) is 0.0667. The molecule has 2 aromatic rings. The van der Waals surface area contributed by atoms with Crippen LogP contribution in [0.1, 0.15) is 22.8 Å². The second-order valence-corrected chi connectivity index (χ2v) is 6.03. The molecule has 2 rings (SSSR count). The van der Waals surface area contributed by atoms with Gasteiger partial charge in [-0.1, -0.05) is 24.3 Å². The number of nitrogens with zero attached hydrogens (tertiary/aromatic N) is 1. The molecule has 6 heteroatoms. The largest absolute Gasteiger partial charge is 0.295 e. The van der Waals surface area contributed by atoms with Crippen LogP contribution in [0.2, 0.25) is 0 Å². The van der Waals surface area contributed by atoms with Crippen molar-refractivity contribution in [2.24, 2.45) is 0 Å². The Morgan fingerprint density at radius 3 is 2.29 bits per heavy atom. The summed E-state index contributed by atoms with van der Waals surface area (Å²) in [7, 11) is -3.80. The van der Waals surface area contributed by atoms with Crippen LogP contribution in [-0.4, -0.2) is 14.2 Å². The molecule has 2 aromatic carbocycles. The summed E-state index contributed by atoms with van der Waals surface area (Å²) in [4.78, 5) is 11.2. The molecule has 21 heavy (non-hydrogen) atoms. The third kappa shape index (κ3) is 3.27. The van der Waals surface area contributed by atoms with Gasteiger partial charge in [-0.25, -0.2) is 8.42 Å². The number of ketones is 1. The van der Waals surface area contributed by atoms with Gasteiger partial charge >= 0.3 is 0 Å². The molecule has 0 unspecified atom stereocenters. The predicted octanol–water partition coefficient (Wildman–Crippen LogP) is 2.56. The van der Waals surface area contributed by atoms with Crippen molar-refractivity contribution in [2.75, 3.05) is 4.72 Å². The van der Waals surface area contributed by atoms with Crippen LogP contribution in [0.4, 0.5) is 5.69 Å². The van der Waals surface area contributed by atoms with E-state index in [1.54, 1.807) is 12.1 Å². The van der Waals surface area contributed by atoms with Gasteiger partial charge in [0.2, 0.25) is 0 Å². The molecule has 0 heterocycles. The Morgan fingerprint density at radius 1 is 1.10 bits per heavy atom. The average molecular weight is 300 g/mol. The minimum Gasteiger partial charge on any atom is -0.295 e. The van der Waals surface area contributed by atoms with E-state index >= 15 is 0 Å². The Morgan fingerprint density at radius 2 is 1.71 bits per heavy atom. The van der Waals surface area contributed by atoms with Gasteiger partial charge in [0.05, 0.1) is 16.1 Å². The van der Waals surface area contributed by atoms with Gasteiger partial charge in [-0.3, -0.25) is 9.52 Å². The Labute approximate surface area is 122 Å². The van der Waals surface area contributed by atoms with Crippen LogP contribution >= 0.6 is 0 Å². The average Bonchev–Trinajstić information content (AvgIpc) is 2.47. The molecule has 0 fully saturated rings. The lowest BCUT2D eigenvalue weighted by molar-refractivity contribution is 0.101. The van der Waals surface area contributed by atoms with Gasteiger partial charge in [-0.05, 0) is 31.2 Å². The Bertz CT molecular complexity index is 819. The highest BCUT2D eigenvalue weighted by molar-refractivity contribution is 7.92. The number of carbonyl (C=O) groups is 1. The van der Waals surface area contributed by atoms with E-state index in [1.165, 1.54) is 43.3 Å². The molecule has 0 aliphatic heterocycles. The summed E-state index contributed by atoms with van der Waals surface area (Å²) in [6.07, 6.45) is 0. The molecule has 1 N–H and O–H groups in total. The number of nitriles is 1. The van der Waals surface area contributed by atoms with E-state index in [0.29, 0.717) is 5.56 Å². The smallest absolute Gasteiger partial charge is 0.261 e. The molecule has 0 atom stereocenters. The number of carbonyl (C=O) groups excluding carboxylic acids is 1. The molecule has 5 nitrogen and oxygen atoms in total. The monoisotopic (exact) mass is 300 g/mol. The summed E-state index contributed by atoms with van der Waals surface area (Å²) in [5.41, 5.74) is 0.892. The number of anilines is 1. The van der Waals surface area contributed by atoms with Crippen LogP contribution < -0.4 is 4.72 Å². The van der Waals surface area contributed by atoms with Crippen LogP contribution in [0, 0.1) is 11.3 Å². The maximum atomic E-state index is 12.2. The maximum Gasteiger partial charge on any atom is 0.261 e. The molecule has 0 saturated heterocycles. The van der Waals surface area contributed by atoms with Gasteiger partial charge in [-0.2, -0.15) is 5.26 Å². The van der Waals surface area contributed by atoms with E-state index in [2.05, 4.69) is 4.72 Å². The number of Topliss-reactive ketones (excluding diaryl/α,β-unsaturated/α-hetero) is 1. The molecule has 0 spiro atoms. The first-order valence-electron chi connectivity index (χ1n) is 6.07. The molecule has 0 radical (unpaired) electrons. The SMILES string of the molecule is CC(=O)c1ccc(S(=O)(=O)Nc2ccccc2C#N)cc1. The van der Waals surface area contributed by atoms with Crippen molar-refractivity contribution in [3.8, 4) is 6.07 Å². The summed E-state index contributed by atoms with van der Waals surface area (Å²) < 4.78 is 26.9. The lowest BCUT2D eigenvalue weighted by Crippen LogP contribution is -2.14. The Kier molecular flexibility index (Phi) is 4.05. The van der Waals surface area contributed by atoms with Crippen molar-refractivity contribution in [1.29, 1.82) is 5.26 Å². The van der Waals surface area contributed by atoms with Gasteiger partial charge in [0.15, 0.2) is 5.78 Å². The highest BCUT2D eigenvalue weighted by Gasteiger charge is 2.16. The predicted molar refractivity (Wildman–Crippen MR) is 78.4 cm³/mol. The van der Waals surface area contributed by atoms with Gasteiger partial charge in [0.25, 0.3) is 10.0 Å². The van der Waals surface area contributed by atoms with Crippen LogP contribution in [0.3, 0.4) is 0 Å². The van der Waals surface area contributed by atoms with E-state index in [-0.39, 0.29) is 21.9 Å². The minimum absolute atomic E-state index is 0.0280. The van der Waals surface area contributed by atoms with Crippen LogP contribution in [-0.2, 0) is 10.0 Å². The highest BCUT2D eigenvalue weighted by Crippen LogP contribution is 2.19. The number of hydrogen-bond donors (Lipinski definition) is 1. The summed E-state index contributed by atoms with van der Waals surface area (Å²) >= 11 is 0. The van der Waals surface area contributed by atoms with Gasteiger partial charge < -0.3 is 0 Å². The minimum atomic E-state index is -3.80. The van der Waals surface area contributed by atoms with Crippen molar-refractivity contribution < 1.29 is 13.2 Å². The van der Waals surface area contributed by atoms with Gasteiger partial charge in [-0.15, -0.1) is 0 Å².